The average molecular weight is 328 g/mol. The molecule has 7 nitrogen and oxygen atoms in total. The van der Waals surface area contributed by atoms with Crippen LogP contribution in [-0.4, -0.2) is 23.4 Å². The standard InChI is InChI=1S/C15H12N4O3S/c20-15-17-13-5-4-9(8-14(13)18-15)23(21,22)19-12-3-1-2-11-10(12)6-7-16-11/h1-8,16,19H,(H2,17,18,20). The van der Waals surface area contributed by atoms with Crippen LogP contribution in [0.2, 0.25) is 0 Å². The van der Waals surface area contributed by atoms with E-state index in [9.17, 15) is 13.2 Å². The summed E-state index contributed by atoms with van der Waals surface area (Å²) in [5, 5.41) is 0.784. The number of anilines is 1. The minimum absolute atomic E-state index is 0.0767. The lowest BCUT2D eigenvalue weighted by molar-refractivity contribution is 0.601. The van der Waals surface area contributed by atoms with Crippen molar-refractivity contribution < 1.29 is 8.42 Å². The van der Waals surface area contributed by atoms with Gasteiger partial charge in [-0.3, -0.25) is 4.72 Å². The second-order valence-electron chi connectivity index (χ2n) is 5.14. The molecule has 0 atom stereocenters. The number of rotatable bonds is 3. The summed E-state index contributed by atoms with van der Waals surface area (Å²) in [6, 6.07) is 11.6. The number of aromatic amines is 3. The highest BCUT2D eigenvalue weighted by molar-refractivity contribution is 7.92. The maximum atomic E-state index is 12.6. The van der Waals surface area contributed by atoms with Gasteiger partial charge in [-0.05, 0) is 36.4 Å². The van der Waals surface area contributed by atoms with Crippen molar-refractivity contribution in [1.82, 2.24) is 15.0 Å². The summed E-state index contributed by atoms with van der Waals surface area (Å²) in [5.74, 6) is 0. The molecular weight excluding hydrogens is 316 g/mol. The third-order valence-corrected chi connectivity index (χ3v) is 5.00. The molecule has 0 fully saturated rings. The van der Waals surface area contributed by atoms with Crippen molar-refractivity contribution in [3.05, 3.63) is 59.1 Å². The van der Waals surface area contributed by atoms with Gasteiger partial charge in [0.05, 0.1) is 21.6 Å². The maximum Gasteiger partial charge on any atom is 0.323 e. The van der Waals surface area contributed by atoms with Crippen LogP contribution >= 0.6 is 0 Å². The Bertz CT molecular complexity index is 1180. The van der Waals surface area contributed by atoms with E-state index < -0.39 is 10.0 Å². The summed E-state index contributed by atoms with van der Waals surface area (Å²) in [7, 11) is -3.76. The van der Waals surface area contributed by atoms with Gasteiger partial charge in [0.15, 0.2) is 0 Å². The number of imidazole rings is 1. The van der Waals surface area contributed by atoms with Gasteiger partial charge in [0.25, 0.3) is 10.0 Å². The van der Waals surface area contributed by atoms with Crippen molar-refractivity contribution in [1.29, 1.82) is 0 Å². The van der Waals surface area contributed by atoms with Crippen molar-refractivity contribution >= 4 is 37.6 Å². The maximum absolute atomic E-state index is 12.6. The number of fused-ring (bicyclic) bond motifs is 2. The first-order chi connectivity index (χ1) is 11.0. The number of hydrogen-bond donors (Lipinski definition) is 4. The summed E-state index contributed by atoms with van der Waals surface area (Å²) < 4.78 is 27.8. The number of aromatic nitrogens is 3. The molecule has 2 heterocycles. The van der Waals surface area contributed by atoms with E-state index in [0.29, 0.717) is 16.7 Å². The second-order valence-corrected chi connectivity index (χ2v) is 6.82. The Kier molecular flexibility index (Phi) is 2.82. The van der Waals surface area contributed by atoms with Crippen LogP contribution in [-0.2, 0) is 10.0 Å². The molecule has 23 heavy (non-hydrogen) atoms. The van der Waals surface area contributed by atoms with Crippen LogP contribution in [0.3, 0.4) is 0 Å². The van der Waals surface area contributed by atoms with Crippen LogP contribution in [0.25, 0.3) is 21.9 Å². The van der Waals surface area contributed by atoms with Gasteiger partial charge in [-0.25, -0.2) is 13.2 Å². The first-order valence-electron chi connectivity index (χ1n) is 6.84. The zero-order chi connectivity index (χ0) is 16.0. The fourth-order valence-corrected chi connectivity index (χ4v) is 3.66. The van der Waals surface area contributed by atoms with Crippen LogP contribution in [0.4, 0.5) is 5.69 Å². The average Bonchev–Trinajstić information content (AvgIpc) is 3.11. The quantitative estimate of drug-likeness (QED) is 0.462. The summed E-state index contributed by atoms with van der Waals surface area (Å²) in [6.45, 7) is 0. The molecule has 0 saturated carbocycles. The van der Waals surface area contributed by atoms with Crippen LogP contribution < -0.4 is 10.4 Å². The Labute approximate surface area is 130 Å². The SMILES string of the molecule is O=c1[nH]c2ccc(S(=O)(=O)Nc3cccc4[nH]ccc34)cc2[nH]1. The fourth-order valence-electron chi connectivity index (χ4n) is 2.56. The van der Waals surface area contributed by atoms with Crippen molar-refractivity contribution in [3.8, 4) is 0 Å². The van der Waals surface area contributed by atoms with Crippen molar-refractivity contribution in [2.75, 3.05) is 4.72 Å². The molecule has 2 aromatic carbocycles. The Balaban J connectivity index is 1.79. The normalized spacial score (nSPS) is 12.0. The zero-order valence-corrected chi connectivity index (χ0v) is 12.6. The molecule has 2 aromatic heterocycles. The summed E-state index contributed by atoms with van der Waals surface area (Å²) in [5.41, 5.74) is 1.96. The van der Waals surface area contributed by atoms with Gasteiger partial charge >= 0.3 is 5.69 Å². The Hall–Kier alpha value is -3.00. The molecule has 4 aromatic rings. The van der Waals surface area contributed by atoms with E-state index in [1.165, 1.54) is 12.1 Å². The first kappa shape index (κ1) is 13.6. The first-order valence-corrected chi connectivity index (χ1v) is 8.32. The van der Waals surface area contributed by atoms with Crippen molar-refractivity contribution in [2.24, 2.45) is 0 Å². The number of H-pyrrole nitrogens is 3. The number of benzene rings is 2. The fraction of sp³-hybridized carbons (Fsp3) is 0. The highest BCUT2D eigenvalue weighted by Crippen LogP contribution is 2.25. The Morgan fingerprint density at radius 1 is 0.913 bits per heavy atom. The zero-order valence-electron chi connectivity index (χ0n) is 11.8. The summed E-state index contributed by atoms with van der Waals surface area (Å²) in [4.78, 5) is 19.5. The van der Waals surface area contributed by atoms with E-state index >= 15 is 0 Å². The molecule has 0 amide bonds. The van der Waals surface area contributed by atoms with Gasteiger partial charge in [0.2, 0.25) is 0 Å². The molecule has 4 rings (SSSR count). The smallest absolute Gasteiger partial charge is 0.323 e. The topological polar surface area (TPSA) is 111 Å². The Morgan fingerprint density at radius 3 is 2.61 bits per heavy atom. The van der Waals surface area contributed by atoms with Gasteiger partial charge in [-0.1, -0.05) is 6.07 Å². The highest BCUT2D eigenvalue weighted by atomic mass is 32.2. The minimum atomic E-state index is -3.76. The molecule has 0 bridgehead atoms. The molecule has 0 saturated heterocycles. The molecule has 0 unspecified atom stereocenters. The second kappa shape index (κ2) is 4.75. The molecule has 0 aliphatic rings. The van der Waals surface area contributed by atoms with E-state index in [-0.39, 0.29) is 10.6 Å². The third kappa shape index (κ3) is 2.29. The summed E-state index contributed by atoms with van der Waals surface area (Å²) >= 11 is 0. The van der Waals surface area contributed by atoms with Gasteiger partial charge in [0.1, 0.15) is 0 Å². The van der Waals surface area contributed by atoms with E-state index in [4.69, 9.17) is 0 Å². The number of hydrogen-bond acceptors (Lipinski definition) is 3. The van der Waals surface area contributed by atoms with Crippen LogP contribution in [0.1, 0.15) is 0 Å². The Morgan fingerprint density at radius 2 is 1.74 bits per heavy atom. The van der Waals surface area contributed by atoms with Gasteiger partial charge in [-0.15, -0.1) is 0 Å². The van der Waals surface area contributed by atoms with E-state index in [1.807, 2.05) is 6.07 Å². The largest absolute Gasteiger partial charge is 0.361 e. The lowest BCUT2D eigenvalue weighted by Gasteiger charge is -2.09. The number of sulfonamides is 1. The van der Waals surface area contributed by atoms with Crippen molar-refractivity contribution in [2.45, 2.75) is 4.90 Å². The molecular formula is C15H12N4O3S. The molecule has 0 aliphatic heterocycles. The third-order valence-electron chi connectivity index (χ3n) is 3.64. The van der Waals surface area contributed by atoms with Crippen molar-refractivity contribution in [3.63, 3.8) is 0 Å². The molecule has 0 radical (unpaired) electrons. The van der Waals surface area contributed by atoms with Gasteiger partial charge < -0.3 is 15.0 Å². The molecule has 0 aliphatic carbocycles. The van der Waals surface area contributed by atoms with E-state index in [2.05, 4.69) is 19.7 Å². The molecule has 0 spiro atoms. The summed E-state index contributed by atoms with van der Waals surface area (Å²) in [6.07, 6.45) is 1.75. The van der Waals surface area contributed by atoms with Crippen LogP contribution in [0.5, 0.6) is 0 Å². The predicted molar refractivity (Wildman–Crippen MR) is 88.0 cm³/mol. The minimum Gasteiger partial charge on any atom is -0.361 e. The van der Waals surface area contributed by atoms with Gasteiger partial charge in [0, 0.05) is 17.1 Å². The molecule has 4 N–H and O–H groups in total. The van der Waals surface area contributed by atoms with Crippen LogP contribution in [0, 0.1) is 0 Å². The predicted octanol–water partition coefficient (Wildman–Crippen LogP) is 2.14. The van der Waals surface area contributed by atoms with Crippen LogP contribution in [0.15, 0.2) is 58.4 Å². The van der Waals surface area contributed by atoms with E-state index in [0.717, 1.165) is 10.9 Å². The monoisotopic (exact) mass is 328 g/mol. The highest BCUT2D eigenvalue weighted by Gasteiger charge is 2.16. The van der Waals surface area contributed by atoms with E-state index in [1.54, 1.807) is 30.5 Å². The number of nitrogens with one attached hydrogen (secondary N) is 4. The van der Waals surface area contributed by atoms with Gasteiger partial charge in [-0.2, -0.15) is 0 Å². The molecule has 116 valence electrons. The lowest BCUT2D eigenvalue weighted by atomic mass is 10.2. The lowest BCUT2D eigenvalue weighted by Crippen LogP contribution is -2.13. The molecule has 8 heteroatoms.